The van der Waals surface area contributed by atoms with E-state index in [-0.39, 0.29) is 30.0 Å². The van der Waals surface area contributed by atoms with E-state index in [0.29, 0.717) is 11.5 Å². The van der Waals surface area contributed by atoms with Gasteiger partial charge in [-0.05, 0) is 24.3 Å². The zero-order chi connectivity index (χ0) is 21.1. The highest BCUT2D eigenvalue weighted by Gasteiger charge is 2.31. The van der Waals surface area contributed by atoms with E-state index in [1.54, 1.807) is 10.9 Å². The number of fused-ring (bicyclic) bond motifs is 3. The van der Waals surface area contributed by atoms with Gasteiger partial charge in [0.2, 0.25) is 5.95 Å². The van der Waals surface area contributed by atoms with Crippen LogP contribution in [0.1, 0.15) is 18.0 Å². The second-order valence-corrected chi connectivity index (χ2v) is 7.24. The maximum atomic E-state index is 14.7. The molecular weight excluding hydrogens is 406 g/mol. The van der Waals surface area contributed by atoms with Gasteiger partial charge in [0.1, 0.15) is 17.6 Å². The number of H-pyrrole nitrogens is 1. The molecule has 0 bridgehead atoms. The summed E-state index contributed by atoms with van der Waals surface area (Å²) in [6.07, 6.45) is 3.37. The molecule has 154 valence electrons. The quantitative estimate of drug-likeness (QED) is 0.474. The number of nitrogens with one attached hydrogen (secondary N) is 1. The van der Waals surface area contributed by atoms with Gasteiger partial charge in [-0.2, -0.15) is 4.98 Å². The van der Waals surface area contributed by atoms with Crippen molar-refractivity contribution in [3.8, 4) is 11.7 Å². The van der Waals surface area contributed by atoms with Crippen molar-refractivity contribution in [1.82, 2.24) is 29.1 Å². The fourth-order valence-corrected chi connectivity index (χ4v) is 4.10. The van der Waals surface area contributed by atoms with Crippen molar-refractivity contribution in [3.05, 3.63) is 76.6 Å². The molecule has 0 saturated carbocycles. The Bertz CT molecular complexity index is 1540. The maximum Gasteiger partial charge on any atom is 0.328 e. The lowest BCUT2D eigenvalue weighted by molar-refractivity contribution is 0.248. The van der Waals surface area contributed by atoms with Crippen molar-refractivity contribution in [1.29, 1.82) is 0 Å². The molecule has 6 rings (SSSR count). The van der Waals surface area contributed by atoms with Gasteiger partial charge >= 0.3 is 5.69 Å². The lowest BCUT2D eigenvalue weighted by Crippen LogP contribution is -2.29. The first kappa shape index (κ1) is 17.8. The summed E-state index contributed by atoms with van der Waals surface area (Å²) in [5.41, 5.74) is 1.77. The van der Waals surface area contributed by atoms with E-state index in [4.69, 9.17) is 4.74 Å². The van der Waals surface area contributed by atoms with Crippen LogP contribution in [-0.4, -0.2) is 35.7 Å². The molecule has 10 heteroatoms. The van der Waals surface area contributed by atoms with Crippen LogP contribution in [0.15, 0.2) is 53.7 Å². The number of benzene rings is 2. The van der Waals surface area contributed by atoms with Crippen molar-refractivity contribution >= 4 is 22.2 Å². The summed E-state index contributed by atoms with van der Waals surface area (Å²) in [5.74, 6) is -1.51. The molecule has 1 atom stereocenters. The Morgan fingerprint density at radius 2 is 2.00 bits per heavy atom. The summed E-state index contributed by atoms with van der Waals surface area (Å²) < 4.78 is 37.2. The lowest BCUT2D eigenvalue weighted by Gasteiger charge is -2.27. The number of para-hydroxylation sites is 2. The molecule has 0 amide bonds. The summed E-state index contributed by atoms with van der Waals surface area (Å²) in [7, 11) is 0. The van der Waals surface area contributed by atoms with Gasteiger partial charge in [0.25, 0.3) is 0 Å². The van der Waals surface area contributed by atoms with Gasteiger partial charge in [-0.25, -0.2) is 23.5 Å². The third-order valence-corrected chi connectivity index (χ3v) is 5.50. The molecule has 5 aromatic rings. The predicted molar refractivity (Wildman–Crippen MR) is 107 cm³/mol. The monoisotopic (exact) mass is 420 g/mol. The molecule has 0 fully saturated rings. The molecule has 3 aromatic heterocycles. The van der Waals surface area contributed by atoms with Gasteiger partial charge in [0, 0.05) is 6.42 Å². The minimum atomic E-state index is -1.03. The standard InChI is InChI=1S/C21H14F2N6O2/c22-11-5-6-16-17(18(11)23)15(7-8-31-16)29-19-13(26-21(29)30)9-24-20(27-19)28-10-25-12-3-1-2-4-14(12)28/h1-6,9-10,15H,7-8H2,(H,26,30)/t15-/m0/s1. The number of imidazole rings is 2. The Hall–Kier alpha value is -4.08. The molecular formula is C21H14F2N6O2. The zero-order valence-corrected chi connectivity index (χ0v) is 15.9. The maximum absolute atomic E-state index is 14.7. The Kier molecular flexibility index (Phi) is 3.70. The number of hydrogen-bond donors (Lipinski definition) is 1. The topological polar surface area (TPSA) is 90.6 Å². The van der Waals surface area contributed by atoms with Crippen LogP contribution in [0.3, 0.4) is 0 Å². The van der Waals surface area contributed by atoms with Gasteiger partial charge in [-0.3, -0.25) is 9.13 Å². The molecule has 1 aliphatic rings. The molecule has 4 heterocycles. The number of aromatic amines is 1. The molecule has 2 aromatic carbocycles. The van der Waals surface area contributed by atoms with E-state index in [9.17, 15) is 13.6 Å². The summed E-state index contributed by atoms with van der Waals surface area (Å²) in [6, 6.07) is 9.12. The fraction of sp³-hybridized carbons (Fsp3) is 0.143. The van der Waals surface area contributed by atoms with Crippen molar-refractivity contribution in [2.45, 2.75) is 12.5 Å². The lowest BCUT2D eigenvalue weighted by atomic mass is 9.99. The highest BCUT2D eigenvalue weighted by atomic mass is 19.2. The highest BCUT2D eigenvalue weighted by molar-refractivity contribution is 5.77. The number of hydrogen-bond acceptors (Lipinski definition) is 5. The first-order valence-corrected chi connectivity index (χ1v) is 9.62. The Balaban J connectivity index is 1.58. The predicted octanol–water partition coefficient (Wildman–Crippen LogP) is 3.11. The minimum absolute atomic E-state index is 0.00231. The second kappa shape index (κ2) is 6.46. The third kappa shape index (κ3) is 2.57. The average molecular weight is 420 g/mol. The Morgan fingerprint density at radius 1 is 1.13 bits per heavy atom. The van der Waals surface area contributed by atoms with Gasteiger partial charge in [0.15, 0.2) is 17.3 Å². The molecule has 1 aliphatic heterocycles. The largest absolute Gasteiger partial charge is 0.493 e. The van der Waals surface area contributed by atoms with Gasteiger partial charge < -0.3 is 9.72 Å². The zero-order valence-electron chi connectivity index (χ0n) is 15.9. The van der Waals surface area contributed by atoms with E-state index in [2.05, 4.69) is 19.9 Å². The van der Waals surface area contributed by atoms with E-state index >= 15 is 0 Å². The summed E-state index contributed by atoms with van der Waals surface area (Å²) >= 11 is 0. The van der Waals surface area contributed by atoms with E-state index in [1.807, 2.05) is 24.3 Å². The Labute approximate surface area is 172 Å². The minimum Gasteiger partial charge on any atom is -0.493 e. The number of nitrogens with zero attached hydrogens (tertiary/aromatic N) is 5. The first-order valence-electron chi connectivity index (χ1n) is 9.62. The molecule has 1 N–H and O–H groups in total. The SMILES string of the molecule is O=c1[nH]c2cnc(-n3cnc4ccccc43)nc2n1[C@H]1CCOc2ccc(F)c(F)c21. The third-order valence-electron chi connectivity index (χ3n) is 5.50. The summed E-state index contributed by atoms with van der Waals surface area (Å²) in [5, 5.41) is 0. The number of rotatable bonds is 2. The summed E-state index contributed by atoms with van der Waals surface area (Å²) in [6.45, 7) is 0.256. The average Bonchev–Trinajstić information content (AvgIpc) is 3.36. The van der Waals surface area contributed by atoms with Crippen LogP contribution in [0.2, 0.25) is 0 Å². The number of halogens is 2. The highest BCUT2D eigenvalue weighted by Crippen LogP contribution is 2.38. The first-order chi connectivity index (χ1) is 15.1. The van der Waals surface area contributed by atoms with Gasteiger partial charge in [-0.15, -0.1) is 0 Å². The number of ether oxygens (including phenoxy) is 1. The van der Waals surface area contributed by atoms with E-state index < -0.39 is 23.4 Å². The van der Waals surface area contributed by atoms with E-state index in [0.717, 1.165) is 17.1 Å². The number of aromatic nitrogens is 6. The molecule has 0 radical (unpaired) electrons. The van der Waals surface area contributed by atoms with Crippen LogP contribution in [0.4, 0.5) is 8.78 Å². The Morgan fingerprint density at radius 3 is 2.90 bits per heavy atom. The van der Waals surface area contributed by atoms with E-state index in [1.165, 1.54) is 16.8 Å². The van der Waals surface area contributed by atoms with Crippen LogP contribution in [0.25, 0.3) is 28.1 Å². The van der Waals surface area contributed by atoms with Crippen LogP contribution in [0, 0.1) is 11.6 Å². The van der Waals surface area contributed by atoms with Crippen LogP contribution in [0.5, 0.6) is 5.75 Å². The molecule has 0 unspecified atom stereocenters. The molecule has 31 heavy (non-hydrogen) atoms. The van der Waals surface area contributed by atoms with Gasteiger partial charge in [0.05, 0.1) is 35.4 Å². The van der Waals surface area contributed by atoms with Crippen LogP contribution in [-0.2, 0) is 0 Å². The van der Waals surface area contributed by atoms with Crippen LogP contribution >= 0.6 is 0 Å². The summed E-state index contributed by atoms with van der Waals surface area (Å²) in [4.78, 5) is 28.8. The van der Waals surface area contributed by atoms with Crippen molar-refractivity contribution in [2.75, 3.05) is 6.61 Å². The molecule has 0 spiro atoms. The van der Waals surface area contributed by atoms with Crippen molar-refractivity contribution in [3.63, 3.8) is 0 Å². The molecule has 0 aliphatic carbocycles. The smallest absolute Gasteiger partial charge is 0.328 e. The normalized spacial score (nSPS) is 15.9. The molecule has 0 saturated heterocycles. The van der Waals surface area contributed by atoms with Crippen molar-refractivity contribution in [2.24, 2.45) is 0 Å². The second-order valence-electron chi connectivity index (χ2n) is 7.24. The molecule has 8 nitrogen and oxygen atoms in total. The fourth-order valence-electron chi connectivity index (χ4n) is 4.10. The van der Waals surface area contributed by atoms with Crippen molar-refractivity contribution < 1.29 is 13.5 Å². The van der Waals surface area contributed by atoms with Gasteiger partial charge in [-0.1, -0.05) is 12.1 Å². The van der Waals surface area contributed by atoms with Crippen LogP contribution < -0.4 is 10.4 Å².